The number of nitrogens with two attached hydrogens (primary N) is 1. The maximum atomic E-state index is 6.22. The molecule has 4 unspecified atom stereocenters. The predicted molar refractivity (Wildman–Crippen MR) is 71.3 cm³/mol. The molecule has 1 fully saturated rings. The second-order valence-corrected chi connectivity index (χ2v) is 7.00. The lowest BCUT2D eigenvalue weighted by Gasteiger charge is -2.35. The van der Waals surface area contributed by atoms with Crippen LogP contribution in [0.25, 0.3) is 0 Å². The number of hydrogen-bond donors (Lipinski definition) is 1. The number of thioether (sulfide) groups is 1. The summed E-state index contributed by atoms with van der Waals surface area (Å²) >= 11 is 2.13. The maximum Gasteiger partial charge on any atom is 0.0204 e. The third kappa shape index (κ3) is 3.99. The van der Waals surface area contributed by atoms with Crippen molar-refractivity contribution in [1.29, 1.82) is 0 Å². The minimum absolute atomic E-state index is 0.444. The van der Waals surface area contributed by atoms with Crippen molar-refractivity contribution in [1.82, 2.24) is 0 Å². The summed E-state index contributed by atoms with van der Waals surface area (Å²) < 4.78 is 0. The minimum Gasteiger partial charge on any atom is -0.327 e. The highest BCUT2D eigenvalue weighted by atomic mass is 32.2. The van der Waals surface area contributed by atoms with Gasteiger partial charge in [-0.15, -0.1) is 0 Å². The Morgan fingerprint density at radius 1 is 1.27 bits per heavy atom. The highest BCUT2D eigenvalue weighted by Crippen LogP contribution is 2.36. The van der Waals surface area contributed by atoms with Gasteiger partial charge in [-0.05, 0) is 31.1 Å². The predicted octanol–water partition coefficient (Wildman–Crippen LogP) is 3.67. The Labute approximate surface area is 99.6 Å². The van der Waals surface area contributed by atoms with Crippen molar-refractivity contribution in [2.45, 2.75) is 69.9 Å². The highest BCUT2D eigenvalue weighted by Gasteiger charge is 2.29. The standard InChI is InChI=1S/C13H27NS/c1-5-11-6-7-12(14)13(8-11)15-10(4)9(2)3/h9-13H,5-8,14H2,1-4H3. The monoisotopic (exact) mass is 229 g/mol. The molecule has 0 saturated heterocycles. The van der Waals surface area contributed by atoms with Gasteiger partial charge in [-0.3, -0.25) is 0 Å². The van der Waals surface area contributed by atoms with Crippen LogP contribution in [-0.4, -0.2) is 16.5 Å². The van der Waals surface area contributed by atoms with E-state index in [4.69, 9.17) is 5.73 Å². The molecule has 90 valence electrons. The average molecular weight is 229 g/mol. The lowest BCUT2D eigenvalue weighted by Crippen LogP contribution is -2.39. The van der Waals surface area contributed by atoms with E-state index >= 15 is 0 Å². The van der Waals surface area contributed by atoms with E-state index in [1.807, 2.05) is 0 Å². The van der Waals surface area contributed by atoms with Gasteiger partial charge in [0.25, 0.3) is 0 Å². The smallest absolute Gasteiger partial charge is 0.0204 e. The molecule has 15 heavy (non-hydrogen) atoms. The first-order valence-corrected chi connectivity index (χ1v) is 7.39. The van der Waals surface area contributed by atoms with Gasteiger partial charge < -0.3 is 5.73 Å². The van der Waals surface area contributed by atoms with Gasteiger partial charge in [-0.2, -0.15) is 11.8 Å². The van der Waals surface area contributed by atoms with E-state index in [2.05, 4.69) is 39.5 Å². The zero-order valence-electron chi connectivity index (χ0n) is 10.7. The molecular weight excluding hydrogens is 202 g/mol. The molecule has 0 aromatic rings. The zero-order chi connectivity index (χ0) is 11.4. The van der Waals surface area contributed by atoms with Gasteiger partial charge in [0.1, 0.15) is 0 Å². The Balaban J connectivity index is 2.44. The van der Waals surface area contributed by atoms with Crippen LogP contribution in [0.4, 0.5) is 0 Å². The van der Waals surface area contributed by atoms with Crippen molar-refractivity contribution in [2.75, 3.05) is 0 Å². The Kier molecular flexibility index (Phi) is 5.48. The largest absolute Gasteiger partial charge is 0.327 e. The first-order chi connectivity index (χ1) is 7.04. The van der Waals surface area contributed by atoms with Crippen LogP contribution in [0.5, 0.6) is 0 Å². The van der Waals surface area contributed by atoms with E-state index in [9.17, 15) is 0 Å². The van der Waals surface area contributed by atoms with Gasteiger partial charge in [-0.1, -0.05) is 34.1 Å². The van der Waals surface area contributed by atoms with E-state index in [0.29, 0.717) is 11.3 Å². The summed E-state index contributed by atoms with van der Waals surface area (Å²) in [5, 5.41) is 1.46. The summed E-state index contributed by atoms with van der Waals surface area (Å²) in [5.41, 5.74) is 6.22. The molecule has 0 spiro atoms. The van der Waals surface area contributed by atoms with Crippen LogP contribution in [0.1, 0.15) is 53.4 Å². The van der Waals surface area contributed by atoms with E-state index in [1.165, 1.54) is 25.7 Å². The average Bonchev–Trinajstić information content (AvgIpc) is 2.21. The molecule has 0 heterocycles. The normalized spacial score (nSPS) is 34.4. The summed E-state index contributed by atoms with van der Waals surface area (Å²) in [6.45, 7) is 9.28. The Hall–Kier alpha value is 0.310. The van der Waals surface area contributed by atoms with Gasteiger partial charge in [-0.25, -0.2) is 0 Å². The fourth-order valence-corrected chi connectivity index (χ4v) is 3.78. The molecule has 0 bridgehead atoms. The highest BCUT2D eigenvalue weighted by molar-refractivity contribution is 8.00. The van der Waals surface area contributed by atoms with Gasteiger partial charge >= 0.3 is 0 Å². The Morgan fingerprint density at radius 3 is 2.47 bits per heavy atom. The van der Waals surface area contributed by atoms with Crippen molar-refractivity contribution < 1.29 is 0 Å². The van der Waals surface area contributed by atoms with E-state index < -0.39 is 0 Å². The van der Waals surface area contributed by atoms with E-state index in [-0.39, 0.29) is 0 Å². The second-order valence-electron chi connectivity index (χ2n) is 5.37. The van der Waals surface area contributed by atoms with Gasteiger partial charge in [0.15, 0.2) is 0 Å². The minimum atomic E-state index is 0.444. The molecule has 1 rings (SSSR count). The first-order valence-electron chi connectivity index (χ1n) is 6.45. The Morgan fingerprint density at radius 2 is 1.93 bits per heavy atom. The number of rotatable bonds is 4. The molecule has 4 atom stereocenters. The topological polar surface area (TPSA) is 26.0 Å². The molecule has 0 aromatic carbocycles. The van der Waals surface area contributed by atoms with Crippen LogP contribution in [0.3, 0.4) is 0 Å². The molecule has 1 saturated carbocycles. The van der Waals surface area contributed by atoms with Gasteiger partial charge in [0, 0.05) is 16.5 Å². The van der Waals surface area contributed by atoms with Gasteiger partial charge in [0.05, 0.1) is 0 Å². The molecule has 1 aliphatic carbocycles. The van der Waals surface area contributed by atoms with Crippen molar-refractivity contribution >= 4 is 11.8 Å². The molecule has 0 radical (unpaired) electrons. The van der Waals surface area contributed by atoms with E-state index in [1.54, 1.807) is 0 Å². The van der Waals surface area contributed by atoms with Crippen molar-refractivity contribution in [3.05, 3.63) is 0 Å². The number of hydrogen-bond acceptors (Lipinski definition) is 2. The Bertz CT molecular complexity index is 181. The quantitative estimate of drug-likeness (QED) is 0.796. The molecular formula is C13H27NS. The molecule has 2 N–H and O–H groups in total. The third-order valence-corrected chi connectivity index (χ3v) is 5.72. The van der Waals surface area contributed by atoms with Crippen LogP contribution in [0, 0.1) is 11.8 Å². The van der Waals surface area contributed by atoms with E-state index in [0.717, 1.165) is 17.1 Å². The molecule has 1 aliphatic rings. The first kappa shape index (κ1) is 13.4. The summed E-state index contributed by atoms with van der Waals surface area (Å²) in [6, 6.07) is 0.444. The molecule has 0 amide bonds. The molecule has 0 aliphatic heterocycles. The summed E-state index contributed by atoms with van der Waals surface area (Å²) in [5.74, 6) is 1.70. The summed E-state index contributed by atoms with van der Waals surface area (Å²) in [4.78, 5) is 0. The van der Waals surface area contributed by atoms with Crippen LogP contribution >= 0.6 is 11.8 Å². The van der Waals surface area contributed by atoms with Crippen LogP contribution < -0.4 is 5.73 Å². The fraction of sp³-hybridized carbons (Fsp3) is 1.00. The molecule has 1 nitrogen and oxygen atoms in total. The lowest BCUT2D eigenvalue weighted by atomic mass is 9.84. The molecule has 0 aromatic heterocycles. The van der Waals surface area contributed by atoms with Crippen LogP contribution in [0.15, 0.2) is 0 Å². The van der Waals surface area contributed by atoms with Crippen molar-refractivity contribution in [2.24, 2.45) is 17.6 Å². The zero-order valence-corrected chi connectivity index (χ0v) is 11.5. The molecule has 2 heteroatoms. The summed E-state index contributed by atoms with van der Waals surface area (Å²) in [7, 11) is 0. The van der Waals surface area contributed by atoms with Gasteiger partial charge in [0.2, 0.25) is 0 Å². The third-order valence-electron chi connectivity index (χ3n) is 3.86. The SMILES string of the molecule is CCC1CCC(N)C(SC(C)C(C)C)C1. The van der Waals surface area contributed by atoms with Crippen molar-refractivity contribution in [3.8, 4) is 0 Å². The van der Waals surface area contributed by atoms with Crippen LogP contribution in [-0.2, 0) is 0 Å². The second kappa shape index (κ2) is 6.15. The van der Waals surface area contributed by atoms with Crippen molar-refractivity contribution in [3.63, 3.8) is 0 Å². The fourth-order valence-electron chi connectivity index (χ4n) is 2.20. The van der Waals surface area contributed by atoms with Crippen LogP contribution in [0.2, 0.25) is 0 Å². The maximum absolute atomic E-state index is 6.22. The summed E-state index contributed by atoms with van der Waals surface area (Å²) in [6.07, 6.45) is 5.27. The lowest BCUT2D eigenvalue weighted by molar-refractivity contribution is 0.327.